The van der Waals surface area contributed by atoms with E-state index in [0.717, 1.165) is 16.8 Å². The van der Waals surface area contributed by atoms with Crippen LogP contribution >= 0.6 is 11.3 Å². The Bertz CT molecular complexity index is 1540. The first kappa shape index (κ1) is 26.2. The summed E-state index contributed by atoms with van der Waals surface area (Å²) < 4.78 is 69.7. The normalized spacial score (nSPS) is 12.9. The third kappa shape index (κ3) is 4.65. The molecule has 1 unspecified atom stereocenters. The van der Waals surface area contributed by atoms with E-state index in [1.54, 1.807) is 14.0 Å². The number of primary amides is 1. The number of hydrogen-bond donors (Lipinski definition) is 2. The molecular weight excluding hydrogens is 521 g/mol. The molecule has 37 heavy (non-hydrogen) atoms. The van der Waals surface area contributed by atoms with Crippen molar-refractivity contribution in [3.8, 4) is 11.1 Å². The fourth-order valence-corrected chi connectivity index (χ4v) is 4.87. The zero-order valence-electron chi connectivity index (χ0n) is 19.8. The van der Waals surface area contributed by atoms with Gasteiger partial charge in [0.05, 0.1) is 11.9 Å². The summed E-state index contributed by atoms with van der Waals surface area (Å²) in [6.07, 6.45) is -6.29. The van der Waals surface area contributed by atoms with E-state index in [0.29, 0.717) is 22.6 Å². The number of rotatable bonds is 6. The molecule has 0 aliphatic carbocycles. The fourth-order valence-electron chi connectivity index (χ4n) is 3.86. The minimum absolute atomic E-state index is 0.0323. The smallest absolute Gasteiger partial charge is 0.365 e. The second-order valence-corrected chi connectivity index (χ2v) is 9.29. The number of pyridine rings is 1. The van der Waals surface area contributed by atoms with Crippen LogP contribution in [0.25, 0.3) is 21.3 Å². The molecule has 0 aliphatic heterocycles. The van der Waals surface area contributed by atoms with E-state index in [9.17, 15) is 31.5 Å². The zero-order chi connectivity index (χ0) is 27.4. The Morgan fingerprint density at radius 2 is 1.84 bits per heavy atom. The number of nitrogens with two attached hydrogens (primary N) is 1. The first-order valence-corrected chi connectivity index (χ1v) is 11.5. The van der Waals surface area contributed by atoms with Crippen LogP contribution in [0.3, 0.4) is 0 Å². The quantitative estimate of drug-likeness (QED) is 0.341. The van der Waals surface area contributed by atoms with E-state index >= 15 is 0 Å². The molecule has 3 N–H and O–H groups in total. The SMILES string of the molecule is Cc1c(-c2cc(C(F)(F)F)nc3sc(C(N)=O)c(NC(=O)C(C)n4nc(C(F)F)cc4C)c23)cnn1C. The van der Waals surface area contributed by atoms with Gasteiger partial charge in [-0.2, -0.15) is 23.4 Å². The summed E-state index contributed by atoms with van der Waals surface area (Å²) in [5.41, 5.74) is 4.80. The van der Waals surface area contributed by atoms with E-state index in [1.807, 2.05) is 0 Å². The first-order valence-electron chi connectivity index (χ1n) is 10.7. The van der Waals surface area contributed by atoms with E-state index in [-0.39, 0.29) is 32.0 Å². The molecule has 4 aromatic rings. The Hall–Kier alpha value is -3.88. The molecular formula is C22H20F5N7O2S. The number of aryl methyl sites for hydroxylation is 2. The number of anilines is 1. The molecule has 0 fully saturated rings. The van der Waals surface area contributed by atoms with Gasteiger partial charge in [0, 0.05) is 29.4 Å². The van der Waals surface area contributed by atoms with Crippen molar-refractivity contribution < 1.29 is 31.5 Å². The summed E-state index contributed by atoms with van der Waals surface area (Å²) in [5, 5.41) is 10.5. The van der Waals surface area contributed by atoms with Gasteiger partial charge < -0.3 is 11.1 Å². The number of aromatic nitrogens is 5. The van der Waals surface area contributed by atoms with Gasteiger partial charge in [-0.15, -0.1) is 11.3 Å². The average molecular weight is 542 g/mol. The molecule has 0 aromatic carbocycles. The Morgan fingerprint density at radius 3 is 2.35 bits per heavy atom. The summed E-state index contributed by atoms with van der Waals surface area (Å²) >= 11 is 0.595. The lowest BCUT2D eigenvalue weighted by Gasteiger charge is -2.16. The van der Waals surface area contributed by atoms with Gasteiger partial charge in [0.2, 0.25) is 5.91 Å². The van der Waals surface area contributed by atoms with Crippen molar-refractivity contribution in [3.05, 3.63) is 46.0 Å². The number of carbonyl (C=O) groups is 2. The number of amides is 2. The minimum atomic E-state index is -4.80. The van der Waals surface area contributed by atoms with Crippen LogP contribution in [0.5, 0.6) is 0 Å². The molecule has 4 rings (SSSR count). The number of fused-ring (bicyclic) bond motifs is 1. The Balaban J connectivity index is 1.91. The Kier molecular flexibility index (Phi) is 6.52. The van der Waals surface area contributed by atoms with E-state index in [1.165, 1.54) is 24.7 Å². The maximum Gasteiger partial charge on any atom is 0.433 e. The van der Waals surface area contributed by atoms with E-state index < -0.39 is 41.8 Å². The number of hydrogen-bond acceptors (Lipinski definition) is 6. The van der Waals surface area contributed by atoms with Crippen LogP contribution in [0, 0.1) is 13.8 Å². The molecule has 0 bridgehead atoms. The van der Waals surface area contributed by atoms with Crippen LogP contribution < -0.4 is 11.1 Å². The number of alkyl halides is 5. The van der Waals surface area contributed by atoms with Crippen molar-refractivity contribution in [1.82, 2.24) is 24.5 Å². The molecule has 0 radical (unpaired) electrons. The summed E-state index contributed by atoms with van der Waals surface area (Å²) in [5.74, 6) is -1.76. The predicted molar refractivity (Wildman–Crippen MR) is 125 cm³/mol. The maximum absolute atomic E-state index is 13.7. The minimum Gasteiger partial charge on any atom is -0.365 e. The monoisotopic (exact) mass is 541 g/mol. The molecule has 15 heteroatoms. The van der Waals surface area contributed by atoms with Crippen LogP contribution in [0.2, 0.25) is 0 Å². The van der Waals surface area contributed by atoms with E-state index in [4.69, 9.17) is 5.73 Å². The molecule has 4 heterocycles. The number of thiophene rings is 1. The highest BCUT2D eigenvalue weighted by molar-refractivity contribution is 7.21. The lowest BCUT2D eigenvalue weighted by molar-refractivity contribution is -0.140. The molecule has 0 saturated carbocycles. The second-order valence-electron chi connectivity index (χ2n) is 8.29. The Morgan fingerprint density at radius 1 is 1.16 bits per heavy atom. The van der Waals surface area contributed by atoms with Crippen molar-refractivity contribution in [2.45, 2.75) is 39.4 Å². The van der Waals surface area contributed by atoms with Crippen molar-refractivity contribution in [3.63, 3.8) is 0 Å². The average Bonchev–Trinajstić information content (AvgIpc) is 3.48. The summed E-state index contributed by atoms with van der Waals surface area (Å²) in [6.45, 7) is 4.53. The van der Waals surface area contributed by atoms with Crippen LogP contribution in [-0.2, 0) is 18.0 Å². The van der Waals surface area contributed by atoms with Crippen molar-refractivity contribution in [2.24, 2.45) is 12.8 Å². The fraction of sp³-hybridized carbons (Fsp3) is 0.318. The lowest BCUT2D eigenvalue weighted by atomic mass is 10.0. The molecule has 2 amide bonds. The zero-order valence-corrected chi connectivity index (χ0v) is 20.6. The second kappa shape index (κ2) is 9.21. The van der Waals surface area contributed by atoms with Gasteiger partial charge in [-0.3, -0.25) is 19.0 Å². The molecule has 4 aromatic heterocycles. The molecule has 0 spiro atoms. The molecule has 0 saturated heterocycles. The van der Waals surface area contributed by atoms with Crippen LogP contribution in [0.15, 0.2) is 18.3 Å². The molecule has 1 atom stereocenters. The molecule has 0 aliphatic rings. The Labute approximate surface area is 210 Å². The van der Waals surface area contributed by atoms with Gasteiger partial charge in [-0.1, -0.05) is 0 Å². The first-order chi connectivity index (χ1) is 17.2. The number of nitrogens with zero attached hydrogens (tertiary/aromatic N) is 5. The topological polar surface area (TPSA) is 121 Å². The van der Waals surface area contributed by atoms with Crippen LogP contribution in [-0.4, -0.2) is 36.4 Å². The van der Waals surface area contributed by atoms with Crippen molar-refractivity contribution in [1.29, 1.82) is 0 Å². The highest BCUT2D eigenvalue weighted by Crippen LogP contribution is 2.44. The number of halogens is 5. The van der Waals surface area contributed by atoms with Gasteiger partial charge in [0.1, 0.15) is 27.1 Å². The third-order valence-corrected chi connectivity index (χ3v) is 6.96. The van der Waals surface area contributed by atoms with Gasteiger partial charge in [0.25, 0.3) is 12.3 Å². The highest BCUT2D eigenvalue weighted by atomic mass is 32.1. The van der Waals surface area contributed by atoms with Gasteiger partial charge in [-0.05, 0) is 38.5 Å². The third-order valence-electron chi connectivity index (χ3n) is 5.86. The number of nitrogens with one attached hydrogen (secondary N) is 1. The lowest BCUT2D eigenvalue weighted by Crippen LogP contribution is -2.26. The summed E-state index contributed by atoms with van der Waals surface area (Å²) in [6, 6.07) is 0.833. The summed E-state index contributed by atoms with van der Waals surface area (Å²) in [7, 11) is 1.61. The largest absolute Gasteiger partial charge is 0.433 e. The van der Waals surface area contributed by atoms with Crippen molar-refractivity contribution >= 4 is 39.1 Å². The van der Waals surface area contributed by atoms with E-state index in [2.05, 4.69) is 20.5 Å². The van der Waals surface area contributed by atoms with Gasteiger partial charge >= 0.3 is 6.18 Å². The molecule has 196 valence electrons. The van der Waals surface area contributed by atoms with Gasteiger partial charge in [-0.25, -0.2) is 13.8 Å². The maximum atomic E-state index is 13.7. The number of carbonyl (C=O) groups excluding carboxylic acids is 2. The van der Waals surface area contributed by atoms with Gasteiger partial charge in [0.15, 0.2) is 0 Å². The van der Waals surface area contributed by atoms with Crippen LogP contribution in [0.4, 0.5) is 27.6 Å². The summed E-state index contributed by atoms with van der Waals surface area (Å²) in [4.78, 5) is 28.7. The predicted octanol–water partition coefficient (Wildman–Crippen LogP) is 4.77. The van der Waals surface area contributed by atoms with Crippen molar-refractivity contribution in [2.75, 3.05) is 5.32 Å². The highest BCUT2D eigenvalue weighted by Gasteiger charge is 2.36. The van der Waals surface area contributed by atoms with Crippen LogP contribution in [0.1, 0.15) is 51.8 Å². The molecule has 9 nitrogen and oxygen atoms in total. The standard InChI is InChI=1S/C22H20F5N7O2S/c1-8-5-13(18(23)24)32-34(8)10(3)20(36)31-16-15-11(12-7-29-33(4)9(12)2)6-14(22(25,26)27)30-21(15)37-17(16)19(28)35/h5-7,10,18H,1-4H3,(H2,28,35)(H,31,36).